The summed E-state index contributed by atoms with van der Waals surface area (Å²) in [6.07, 6.45) is 3.13. The Morgan fingerprint density at radius 2 is 2.12 bits per heavy atom. The molecule has 0 fully saturated rings. The first kappa shape index (κ1) is 16.1. The Hall–Kier alpha value is -2.73. The van der Waals surface area contributed by atoms with E-state index in [1.165, 1.54) is 0 Å². The molecule has 3 aromatic rings. The molecular weight excluding hydrogens is 304 g/mol. The van der Waals surface area contributed by atoms with Crippen molar-refractivity contribution in [3.8, 4) is 0 Å². The fourth-order valence-electron chi connectivity index (χ4n) is 2.54. The molecule has 1 atom stereocenters. The maximum absolute atomic E-state index is 11.9. The maximum atomic E-state index is 11.9. The normalized spacial score (nSPS) is 12.2. The zero-order valence-electron chi connectivity index (χ0n) is 13.8. The number of hydrogen-bond acceptors (Lipinski definition) is 4. The van der Waals surface area contributed by atoms with Crippen LogP contribution in [-0.4, -0.2) is 33.4 Å². The Balaban J connectivity index is 1.73. The van der Waals surface area contributed by atoms with Crippen molar-refractivity contribution in [2.45, 2.75) is 26.5 Å². The van der Waals surface area contributed by atoms with Crippen LogP contribution in [0, 0.1) is 0 Å². The smallest absolute Gasteiger partial charge is 0.254 e. The van der Waals surface area contributed by atoms with Crippen molar-refractivity contribution in [3.63, 3.8) is 0 Å². The molecule has 0 bridgehead atoms. The number of fused-ring (bicyclic) bond motifs is 1. The lowest BCUT2D eigenvalue weighted by atomic mass is 10.1. The van der Waals surface area contributed by atoms with E-state index in [0.29, 0.717) is 19.0 Å². The van der Waals surface area contributed by atoms with E-state index in [9.17, 15) is 4.79 Å². The van der Waals surface area contributed by atoms with E-state index in [1.54, 1.807) is 23.9 Å². The van der Waals surface area contributed by atoms with Gasteiger partial charge in [-0.1, -0.05) is 24.3 Å². The van der Waals surface area contributed by atoms with Crippen LogP contribution < -0.4 is 5.32 Å². The first-order valence-corrected chi connectivity index (χ1v) is 7.96. The summed E-state index contributed by atoms with van der Waals surface area (Å²) in [5, 5.41) is 8.25. The lowest BCUT2D eigenvalue weighted by Gasteiger charge is -2.10. The number of benzene rings is 1. The van der Waals surface area contributed by atoms with E-state index in [-0.39, 0.29) is 5.91 Å². The lowest BCUT2D eigenvalue weighted by Crippen LogP contribution is -2.27. The molecule has 0 spiro atoms. The number of carbonyl (C=O) groups excluding carboxylic acids is 1. The number of nitrogens with one attached hydrogen (secondary N) is 1. The van der Waals surface area contributed by atoms with Crippen molar-refractivity contribution < 1.29 is 9.53 Å². The molecule has 0 saturated carbocycles. The number of para-hydroxylation sites is 1. The summed E-state index contributed by atoms with van der Waals surface area (Å²) in [6, 6.07) is 11.8. The van der Waals surface area contributed by atoms with Crippen LogP contribution in [0.1, 0.15) is 19.4 Å². The van der Waals surface area contributed by atoms with Gasteiger partial charge in [-0.05, 0) is 25.5 Å². The fourth-order valence-corrected chi connectivity index (χ4v) is 2.54. The van der Waals surface area contributed by atoms with Crippen molar-refractivity contribution in [1.29, 1.82) is 0 Å². The number of rotatable bonds is 6. The molecule has 6 nitrogen and oxygen atoms in total. The highest BCUT2D eigenvalue weighted by Gasteiger charge is 2.14. The predicted octanol–water partition coefficient (Wildman–Crippen LogP) is 2.84. The van der Waals surface area contributed by atoms with E-state index in [2.05, 4.69) is 15.4 Å². The van der Waals surface area contributed by atoms with Gasteiger partial charge in [0.25, 0.3) is 5.91 Å². The van der Waals surface area contributed by atoms with Gasteiger partial charge in [0.2, 0.25) is 0 Å². The third-order valence-electron chi connectivity index (χ3n) is 3.73. The van der Waals surface area contributed by atoms with Gasteiger partial charge in [0.05, 0.1) is 12.1 Å². The van der Waals surface area contributed by atoms with Gasteiger partial charge in [-0.25, -0.2) is 0 Å². The molecule has 1 amide bonds. The average molecular weight is 324 g/mol. The summed E-state index contributed by atoms with van der Waals surface area (Å²) in [5.74, 6) is 0.314. The summed E-state index contributed by atoms with van der Waals surface area (Å²) >= 11 is 0. The average Bonchev–Trinajstić information content (AvgIpc) is 3.02. The standard InChI is InChI=1S/C18H20N4O2/c1-3-24-13(2)18(23)20-16-9-11-22(21-16)12-15-7-4-6-14-8-5-10-19-17(14)15/h4-11,13H,3,12H2,1-2H3,(H,20,21,23). The Labute approximate surface area is 140 Å². The number of pyridine rings is 1. The van der Waals surface area contributed by atoms with Crippen LogP contribution in [0.5, 0.6) is 0 Å². The molecular formula is C18H20N4O2. The van der Waals surface area contributed by atoms with Crippen LogP contribution in [-0.2, 0) is 16.1 Å². The van der Waals surface area contributed by atoms with Crippen molar-refractivity contribution in [3.05, 3.63) is 54.4 Å². The molecule has 24 heavy (non-hydrogen) atoms. The summed E-state index contributed by atoms with van der Waals surface area (Å²) < 4.78 is 7.05. The number of nitrogens with zero attached hydrogens (tertiary/aromatic N) is 3. The zero-order valence-corrected chi connectivity index (χ0v) is 13.8. The molecule has 0 radical (unpaired) electrons. The Morgan fingerprint density at radius 3 is 2.96 bits per heavy atom. The second-order valence-corrected chi connectivity index (χ2v) is 5.48. The monoisotopic (exact) mass is 324 g/mol. The van der Waals surface area contributed by atoms with Crippen molar-refractivity contribution in [2.75, 3.05) is 11.9 Å². The van der Waals surface area contributed by atoms with E-state index in [0.717, 1.165) is 16.5 Å². The first-order chi connectivity index (χ1) is 11.7. The van der Waals surface area contributed by atoms with Crippen LogP contribution in [0.15, 0.2) is 48.8 Å². The second-order valence-electron chi connectivity index (χ2n) is 5.48. The molecule has 1 unspecified atom stereocenters. The third kappa shape index (κ3) is 3.60. The van der Waals surface area contributed by atoms with E-state index < -0.39 is 6.10 Å². The summed E-state index contributed by atoms with van der Waals surface area (Å²) in [7, 11) is 0. The van der Waals surface area contributed by atoms with E-state index in [4.69, 9.17) is 4.74 Å². The van der Waals surface area contributed by atoms with Crippen molar-refractivity contribution in [2.24, 2.45) is 0 Å². The Morgan fingerprint density at radius 1 is 1.29 bits per heavy atom. The third-order valence-corrected chi connectivity index (χ3v) is 3.73. The minimum Gasteiger partial charge on any atom is -0.369 e. The number of amides is 1. The minimum atomic E-state index is -0.498. The SMILES string of the molecule is CCOC(C)C(=O)Nc1ccn(Cc2cccc3cccnc23)n1. The number of anilines is 1. The van der Waals surface area contributed by atoms with Gasteiger partial charge >= 0.3 is 0 Å². The minimum absolute atomic E-state index is 0.200. The van der Waals surface area contributed by atoms with Gasteiger partial charge in [-0.3, -0.25) is 14.5 Å². The van der Waals surface area contributed by atoms with Crippen LogP contribution in [0.25, 0.3) is 10.9 Å². The highest BCUT2D eigenvalue weighted by atomic mass is 16.5. The molecule has 0 aliphatic rings. The Kier molecular flexibility index (Phi) is 4.86. The van der Waals surface area contributed by atoms with Gasteiger partial charge < -0.3 is 10.1 Å². The number of aromatic nitrogens is 3. The summed E-state index contributed by atoms with van der Waals surface area (Å²) in [6.45, 7) is 4.66. The van der Waals surface area contributed by atoms with Gasteiger partial charge in [-0.15, -0.1) is 0 Å². The van der Waals surface area contributed by atoms with Gasteiger partial charge in [0.1, 0.15) is 6.10 Å². The second kappa shape index (κ2) is 7.23. The maximum Gasteiger partial charge on any atom is 0.254 e. The largest absolute Gasteiger partial charge is 0.369 e. The molecule has 0 aliphatic heterocycles. The molecule has 2 aromatic heterocycles. The van der Waals surface area contributed by atoms with Gasteiger partial charge in [0, 0.05) is 30.5 Å². The topological polar surface area (TPSA) is 69.0 Å². The lowest BCUT2D eigenvalue weighted by molar-refractivity contribution is -0.126. The molecule has 1 N–H and O–H groups in total. The number of ether oxygens (including phenoxy) is 1. The van der Waals surface area contributed by atoms with Crippen molar-refractivity contribution in [1.82, 2.24) is 14.8 Å². The van der Waals surface area contributed by atoms with Crippen LogP contribution in [0.4, 0.5) is 5.82 Å². The molecule has 124 valence electrons. The van der Waals surface area contributed by atoms with E-state index in [1.807, 2.05) is 43.5 Å². The number of hydrogen-bond donors (Lipinski definition) is 1. The molecule has 3 rings (SSSR count). The van der Waals surface area contributed by atoms with Crippen LogP contribution >= 0.6 is 0 Å². The fraction of sp³-hybridized carbons (Fsp3) is 0.278. The number of carbonyl (C=O) groups is 1. The quantitative estimate of drug-likeness (QED) is 0.757. The Bertz CT molecular complexity index is 838. The zero-order chi connectivity index (χ0) is 16.9. The molecule has 0 saturated heterocycles. The summed E-state index contributed by atoms with van der Waals surface area (Å²) in [5.41, 5.74) is 2.04. The highest BCUT2D eigenvalue weighted by molar-refractivity contribution is 5.93. The van der Waals surface area contributed by atoms with Crippen LogP contribution in [0.2, 0.25) is 0 Å². The first-order valence-electron chi connectivity index (χ1n) is 7.96. The van der Waals surface area contributed by atoms with Gasteiger partial charge in [-0.2, -0.15) is 5.10 Å². The molecule has 2 heterocycles. The van der Waals surface area contributed by atoms with E-state index >= 15 is 0 Å². The van der Waals surface area contributed by atoms with Crippen LogP contribution in [0.3, 0.4) is 0 Å². The highest BCUT2D eigenvalue weighted by Crippen LogP contribution is 2.17. The molecule has 1 aromatic carbocycles. The van der Waals surface area contributed by atoms with Crippen molar-refractivity contribution >= 4 is 22.6 Å². The molecule has 0 aliphatic carbocycles. The molecule has 6 heteroatoms. The summed E-state index contributed by atoms with van der Waals surface area (Å²) in [4.78, 5) is 16.4. The predicted molar refractivity (Wildman–Crippen MR) is 92.8 cm³/mol. The van der Waals surface area contributed by atoms with Gasteiger partial charge in [0.15, 0.2) is 5.82 Å².